The molecule has 0 aliphatic heterocycles. The molecule has 0 aromatic carbocycles. The molecule has 0 bridgehead atoms. The standard InChI is InChI=1S/C11H8ClFN4O/c12-10-7(4-6(14)5-15-10)11(18)17-9-3-1-2-8(13)16-9/h1-5H,14H2,(H,16,17,18). The number of nitrogen functional groups attached to an aromatic ring is 1. The molecule has 2 rings (SSSR count). The van der Waals surface area contributed by atoms with Crippen LogP contribution in [0.3, 0.4) is 0 Å². The third kappa shape index (κ3) is 2.72. The van der Waals surface area contributed by atoms with Gasteiger partial charge in [0.25, 0.3) is 5.91 Å². The molecule has 18 heavy (non-hydrogen) atoms. The first kappa shape index (κ1) is 12.3. The summed E-state index contributed by atoms with van der Waals surface area (Å²) in [5, 5.41) is 2.41. The molecule has 0 atom stereocenters. The fourth-order valence-electron chi connectivity index (χ4n) is 1.29. The van der Waals surface area contributed by atoms with Gasteiger partial charge in [-0.1, -0.05) is 17.7 Å². The number of halogens is 2. The van der Waals surface area contributed by atoms with Crippen molar-refractivity contribution in [1.29, 1.82) is 0 Å². The van der Waals surface area contributed by atoms with Crippen LogP contribution < -0.4 is 11.1 Å². The second-order valence-corrected chi connectivity index (χ2v) is 3.76. The average molecular weight is 267 g/mol. The Morgan fingerprint density at radius 3 is 2.94 bits per heavy atom. The lowest BCUT2D eigenvalue weighted by Crippen LogP contribution is -2.14. The number of nitrogens with zero attached hydrogens (tertiary/aromatic N) is 2. The fraction of sp³-hybridized carbons (Fsp3) is 0. The molecule has 0 aliphatic carbocycles. The van der Waals surface area contributed by atoms with E-state index >= 15 is 0 Å². The van der Waals surface area contributed by atoms with Gasteiger partial charge in [0.2, 0.25) is 5.95 Å². The van der Waals surface area contributed by atoms with Gasteiger partial charge >= 0.3 is 0 Å². The predicted molar refractivity (Wildman–Crippen MR) is 65.8 cm³/mol. The van der Waals surface area contributed by atoms with Crippen LogP contribution in [0.4, 0.5) is 15.9 Å². The Hall–Kier alpha value is -2.21. The van der Waals surface area contributed by atoms with Crippen LogP contribution in [0.1, 0.15) is 10.4 Å². The molecule has 7 heteroatoms. The maximum atomic E-state index is 12.8. The van der Waals surface area contributed by atoms with Crippen LogP contribution in [-0.2, 0) is 0 Å². The zero-order valence-electron chi connectivity index (χ0n) is 9.02. The van der Waals surface area contributed by atoms with Gasteiger partial charge in [0.1, 0.15) is 11.0 Å². The van der Waals surface area contributed by atoms with Crippen molar-refractivity contribution >= 4 is 29.0 Å². The molecule has 1 amide bonds. The molecule has 0 saturated heterocycles. The highest BCUT2D eigenvalue weighted by molar-refractivity contribution is 6.33. The first-order valence-corrected chi connectivity index (χ1v) is 5.29. The summed E-state index contributed by atoms with van der Waals surface area (Å²) in [6.07, 6.45) is 1.33. The smallest absolute Gasteiger partial charge is 0.260 e. The second-order valence-electron chi connectivity index (χ2n) is 3.41. The number of anilines is 2. The lowest BCUT2D eigenvalue weighted by molar-refractivity contribution is 0.102. The molecule has 2 heterocycles. The summed E-state index contributed by atoms with van der Waals surface area (Å²) in [5.74, 6) is -1.17. The van der Waals surface area contributed by atoms with E-state index in [0.717, 1.165) is 0 Å². The molecular weight excluding hydrogens is 259 g/mol. The maximum Gasteiger partial charge on any atom is 0.260 e. The molecule has 2 aromatic rings. The van der Waals surface area contributed by atoms with E-state index in [4.69, 9.17) is 17.3 Å². The summed E-state index contributed by atoms with van der Waals surface area (Å²) < 4.78 is 12.8. The Balaban J connectivity index is 2.24. The minimum absolute atomic E-state index is 0.0121. The van der Waals surface area contributed by atoms with Gasteiger partial charge in [0.05, 0.1) is 17.4 Å². The number of hydrogen-bond donors (Lipinski definition) is 2. The highest BCUT2D eigenvalue weighted by Gasteiger charge is 2.12. The van der Waals surface area contributed by atoms with E-state index in [1.54, 1.807) is 0 Å². The molecule has 5 nitrogen and oxygen atoms in total. The Morgan fingerprint density at radius 2 is 2.22 bits per heavy atom. The number of rotatable bonds is 2. The van der Waals surface area contributed by atoms with Crippen molar-refractivity contribution in [3.8, 4) is 0 Å². The summed E-state index contributed by atoms with van der Waals surface area (Å²) in [5.41, 5.74) is 5.91. The number of carbonyl (C=O) groups is 1. The number of carbonyl (C=O) groups excluding carboxylic acids is 1. The van der Waals surface area contributed by atoms with Crippen LogP contribution in [0.15, 0.2) is 30.5 Å². The van der Waals surface area contributed by atoms with Crippen molar-refractivity contribution in [2.24, 2.45) is 0 Å². The van der Waals surface area contributed by atoms with Crippen LogP contribution in [0.25, 0.3) is 0 Å². The van der Waals surface area contributed by atoms with E-state index in [0.29, 0.717) is 5.69 Å². The van der Waals surface area contributed by atoms with Crippen molar-refractivity contribution in [1.82, 2.24) is 9.97 Å². The largest absolute Gasteiger partial charge is 0.397 e. The van der Waals surface area contributed by atoms with Gasteiger partial charge in [-0.05, 0) is 18.2 Å². The Morgan fingerprint density at radius 1 is 1.44 bits per heavy atom. The highest BCUT2D eigenvalue weighted by Crippen LogP contribution is 2.17. The summed E-state index contributed by atoms with van der Waals surface area (Å²) in [7, 11) is 0. The zero-order valence-corrected chi connectivity index (χ0v) is 9.78. The predicted octanol–water partition coefficient (Wildman–Crippen LogP) is 2.10. The van der Waals surface area contributed by atoms with E-state index in [2.05, 4.69) is 15.3 Å². The first-order valence-electron chi connectivity index (χ1n) is 4.91. The van der Waals surface area contributed by atoms with E-state index in [1.165, 1.54) is 30.5 Å². The maximum absolute atomic E-state index is 12.8. The summed E-state index contributed by atoms with van der Waals surface area (Å²) in [4.78, 5) is 19.1. The molecule has 92 valence electrons. The van der Waals surface area contributed by atoms with Crippen LogP contribution >= 0.6 is 11.6 Å². The minimum atomic E-state index is -0.690. The van der Waals surface area contributed by atoms with Gasteiger partial charge in [0.15, 0.2) is 0 Å². The molecule has 0 fully saturated rings. The van der Waals surface area contributed by atoms with E-state index in [-0.39, 0.29) is 16.5 Å². The number of nitrogens with one attached hydrogen (secondary N) is 1. The van der Waals surface area contributed by atoms with Crippen LogP contribution in [0, 0.1) is 5.95 Å². The molecule has 0 spiro atoms. The third-order valence-corrected chi connectivity index (χ3v) is 2.36. The van der Waals surface area contributed by atoms with Crippen molar-refractivity contribution in [3.63, 3.8) is 0 Å². The number of nitrogens with two attached hydrogens (primary N) is 1. The molecule has 0 radical (unpaired) electrons. The average Bonchev–Trinajstić information content (AvgIpc) is 2.32. The van der Waals surface area contributed by atoms with Crippen molar-refractivity contribution in [3.05, 3.63) is 47.1 Å². The molecule has 0 unspecified atom stereocenters. The van der Waals surface area contributed by atoms with Gasteiger partial charge in [-0.3, -0.25) is 4.79 Å². The third-order valence-electron chi connectivity index (χ3n) is 2.06. The van der Waals surface area contributed by atoms with Gasteiger partial charge < -0.3 is 11.1 Å². The minimum Gasteiger partial charge on any atom is -0.397 e. The first-order chi connectivity index (χ1) is 8.56. The van der Waals surface area contributed by atoms with Crippen molar-refractivity contribution in [2.45, 2.75) is 0 Å². The topological polar surface area (TPSA) is 80.9 Å². The van der Waals surface area contributed by atoms with Crippen LogP contribution in [0.2, 0.25) is 5.15 Å². The van der Waals surface area contributed by atoms with Gasteiger partial charge in [-0.2, -0.15) is 4.39 Å². The highest BCUT2D eigenvalue weighted by atomic mass is 35.5. The van der Waals surface area contributed by atoms with Crippen LogP contribution in [-0.4, -0.2) is 15.9 Å². The van der Waals surface area contributed by atoms with E-state index < -0.39 is 11.9 Å². The van der Waals surface area contributed by atoms with E-state index in [9.17, 15) is 9.18 Å². The molecule has 3 N–H and O–H groups in total. The zero-order chi connectivity index (χ0) is 13.1. The van der Waals surface area contributed by atoms with Gasteiger partial charge in [-0.25, -0.2) is 9.97 Å². The lowest BCUT2D eigenvalue weighted by Gasteiger charge is -2.06. The number of pyridine rings is 2. The van der Waals surface area contributed by atoms with E-state index in [1.807, 2.05) is 0 Å². The Labute approximate surface area is 107 Å². The Bertz CT molecular complexity index is 605. The summed E-state index contributed by atoms with van der Waals surface area (Å²) in [6.45, 7) is 0. The molecule has 0 saturated carbocycles. The molecule has 2 aromatic heterocycles. The Kier molecular flexibility index (Phi) is 3.38. The number of hydrogen-bond acceptors (Lipinski definition) is 4. The normalized spacial score (nSPS) is 10.1. The van der Waals surface area contributed by atoms with Gasteiger partial charge in [0, 0.05) is 0 Å². The molecule has 0 aliphatic rings. The number of amides is 1. The van der Waals surface area contributed by atoms with Crippen molar-refractivity contribution < 1.29 is 9.18 Å². The second kappa shape index (κ2) is 4.97. The fourth-order valence-corrected chi connectivity index (χ4v) is 1.47. The van der Waals surface area contributed by atoms with Crippen LogP contribution in [0.5, 0.6) is 0 Å². The quantitative estimate of drug-likeness (QED) is 0.816. The summed E-state index contributed by atoms with van der Waals surface area (Å²) >= 11 is 5.77. The number of aromatic nitrogens is 2. The SMILES string of the molecule is Nc1cnc(Cl)c(C(=O)Nc2cccc(F)n2)c1. The van der Waals surface area contributed by atoms with Crippen molar-refractivity contribution in [2.75, 3.05) is 11.1 Å². The summed E-state index contributed by atoms with van der Waals surface area (Å²) in [6, 6.07) is 5.43. The van der Waals surface area contributed by atoms with Gasteiger partial charge in [-0.15, -0.1) is 0 Å². The monoisotopic (exact) mass is 266 g/mol. The lowest BCUT2D eigenvalue weighted by atomic mass is 10.2. The molecular formula is C11H8ClFN4O.